The molecule has 3 heteroatoms. The Morgan fingerprint density at radius 2 is 2.18 bits per heavy atom. The molecule has 0 radical (unpaired) electrons. The smallest absolute Gasteiger partial charge is 0.307 e. The first-order valence-corrected chi connectivity index (χ1v) is 4.01. The first kappa shape index (κ1) is 10.5. The van der Waals surface area contributed by atoms with E-state index in [1.54, 1.807) is 6.08 Å². The van der Waals surface area contributed by atoms with E-state index in [-0.39, 0.29) is 11.8 Å². The average Bonchev–Trinajstić information content (AvgIpc) is 1.87. The van der Waals surface area contributed by atoms with Gasteiger partial charge in [-0.1, -0.05) is 31.5 Å². The van der Waals surface area contributed by atoms with Crippen LogP contribution in [0.1, 0.15) is 20.3 Å². The minimum atomic E-state index is -0.755. The third kappa shape index (κ3) is 4.04. The van der Waals surface area contributed by atoms with Crippen LogP contribution >= 0.6 is 11.6 Å². The van der Waals surface area contributed by atoms with Crippen molar-refractivity contribution in [1.82, 2.24) is 0 Å². The van der Waals surface area contributed by atoms with Crippen molar-refractivity contribution < 1.29 is 9.90 Å². The number of carboxylic acids is 1. The number of aliphatic carboxylic acids is 1. The fourth-order valence-corrected chi connectivity index (χ4v) is 0.959. The van der Waals surface area contributed by atoms with Gasteiger partial charge in [0.05, 0.1) is 5.92 Å². The molecule has 0 aromatic carbocycles. The van der Waals surface area contributed by atoms with Crippen LogP contribution in [0.2, 0.25) is 0 Å². The van der Waals surface area contributed by atoms with Crippen molar-refractivity contribution in [2.75, 3.05) is 0 Å². The zero-order valence-electron chi connectivity index (χ0n) is 6.75. The summed E-state index contributed by atoms with van der Waals surface area (Å²) in [7, 11) is 0. The number of carbonyl (C=O) groups is 1. The highest BCUT2D eigenvalue weighted by Crippen LogP contribution is 2.15. The monoisotopic (exact) mass is 176 g/mol. The van der Waals surface area contributed by atoms with Crippen molar-refractivity contribution >= 4 is 17.6 Å². The molecule has 0 heterocycles. The van der Waals surface area contributed by atoms with E-state index in [1.165, 1.54) is 5.54 Å². The standard InChI is InChI=1S/C8H13ClO2/c1-6(2)7(8(10)11)4-3-5-9/h3,5-7H,4H2,1-2H3,(H,10,11). The Labute approximate surface area is 71.9 Å². The van der Waals surface area contributed by atoms with Gasteiger partial charge in [-0.15, -0.1) is 0 Å². The van der Waals surface area contributed by atoms with Gasteiger partial charge in [0, 0.05) is 5.54 Å². The number of hydrogen-bond acceptors (Lipinski definition) is 1. The summed E-state index contributed by atoms with van der Waals surface area (Å²) in [6.45, 7) is 3.78. The first-order valence-electron chi connectivity index (χ1n) is 3.57. The third-order valence-corrected chi connectivity index (χ3v) is 1.78. The predicted octanol–water partition coefficient (Wildman–Crippen LogP) is 2.49. The van der Waals surface area contributed by atoms with Gasteiger partial charge in [0.25, 0.3) is 0 Å². The number of carboxylic acid groups (broad SMARTS) is 1. The van der Waals surface area contributed by atoms with Crippen molar-refractivity contribution in [3.63, 3.8) is 0 Å². The van der Waals surface area contributed by atoms with Gasteiger partial charge in [-0.25, -0.2) is 0 Å². The van der Waals surface area contributed by atoms with Gasteiger partial charge in [-0.3, -0.25) is 4.79 Å². The molecule has 0 spiro atoms. The maximum atomic E-state index is 10.6. The van der Waals surface area contributed by atoms with Gasteiger partial charge >= 0.3 is 5.97 Å². The van der Waals surface area contributed by atoms with Crippen molar-refractivity contribution in [2.24, 2.45) is 11.8 Å². The molecule has 64 valence electrons. The Morgan fingerprint density at radius 3 is 2.45 bits per heavy atom. The topological polar surface area (TPSA) is 37.3 Å². The van der Waals surface area contributed by atoms with Crippen molar-refractivity contribution in [3.8, 4) is 0 Å². The highest BCUT2D eigenvalue weighted by molar-refractivity contribution is 6.25. The Balaban J connectivity index is 4.00. The Morgan fingerprint density at radius 1 is 1.64 bits per heavy atom. The molecule has 0 fully saturated rings. The van der Waals surface area contributed by atoms with E-state index in [9.17, 15) is 4.79 Å². The first-order chi connectivity index (χ1) is 5.09. The molecule has 1 N–H and O–H groups in total. The molecule has 0 aliphatic rings. The van der Waals surface area contributed by atoms with Gasteiger partial charge in [0.1, 0.15) is 0 Å². The zero-order valence-corrected chi connectivity index (χ0v) is 7.51. The van der Waals surface area contributed by atoms with Gasteiger partial charge in [0.15, 0.2) is 0 Å². The summed E-state index contributed by atoms with van der Waals surface area (Å²) in [5.74, 6) is -0.917. The average molecular weight is 177 g/mol. The Bertz CT molecular complexity index is 152. The minimum absolute atomic E-state index is 0.153. The third-order valence-electron chi connectivity index (χ3n) is 1.60. The molecule has 0 saturated heterocycles. The lowest BCUT2D eigenvalue weighted by molar-refractivity contribution is -0.143. The van der Waals surface area contributed by atoms with E-state index < -0.39 is 5.97 Å². The summed E-state index contributed by atoms with van der Waals surface area (Å²) in [5, 5.41) is 8.69. The normalized spacial score (nSPS) is 14.2. The molecule has 1 atom stereocenters. The van der Waals surface area contributed by atoms with E-state index in [2.05, 4.69) is 0 Å². The molecule has 0 aromatic rings. The van der Waals surface area contributed by atoms with E-state index in [0.717, 1.165) is 0 Å². The predicted molar refractivity (Wildman–Crippen MR) is 45.6 cm³/mol. The Hall–Kier alpha value is -0.500. The van der Waals surface area contributed by atoms with E-state index in [1.807, 2.05) is 13.8 Å². The lowest BCUT2D eigenvalue weighted by Crippen LogP contribution is -2.18. The van der Waals surface area contributed by atoms with Crippen LogP contribution in [0.15, 0.2) is 11.6 Å². The molecule has 0 saturated carbocycles. The van der Waals surface area contributed by atoms with Crippen LogP contribution < -0.4 is 0 Å². The molecular formula is C8H13ClO2. The van der Waals surface area contributed by atoms with Crippen molar-refractivity contribution in [1.29, 1.82) is 0 Å². The van der Waals surface area contributed by atoms with Crippen LogP contribution in [0.5, 0.6) is 0 Å². The molecule has 1 unspecified atom stereocenters. The Kier molecular flexibility index (Phi) is 4.95. The summed E-state index contributed by atoms with van der Waals surface area (Å²) in [4.78, 5) is 10.6. The fraction of sp³-hybridized carbons (Fsp3) is 0.625. The summed E-state index contributed by atoms with van der Waals surface area (Å²) in [5.41, 5.74) is 1.36. The SMILES string of the molecule is CC(C)C(CC=CCl)C(=O)O. The second-order valence-corrected chi connectivity index (χ2v) is 3.04. The van der Waals surface area contributed by atoms with E-state index in [0.29, 0.717) is 6.42 Å². The number of rotatable bonds is 4. The summed E-state index contributed by atoms with van der Waals surface area (Å²) in [6.07, 6.45) is 2.18. The highest BCUT2D eigenvalue weighted by atomic mass is 35.5. The molecule has 11 heavy (non-hydrogen) atoms. The van der Waals surface area contributed by atoms with Crippen LogP contribution in [0.4, 0.5) is 0 Å². The quantitative estimate of drug-likeness (QED) is 0.715. The molecular weight excluding hydrogens is 164 g/mol. The van der Waals surface area contributed by atoms with Gasteiger partial charge in [-0.05, 0) is 12.3 Å². The van der Waals surface area contributed by atoms with E-state index >= 15 is 0 Å². The summed E-state index contributed by atoms with van der Waals surface area (Å²) in [6, 6.07) is 0. The maximum Gasteiger partial charge on any atom is 0.307 e. The van der Waals surface area contributed by atoms with E-state index in [4.69, 9.17) is 16.7 Å². The second-order valence-electron chi connectivity index (χ2n) is 2.79. The lowest BCUT2D eigenvalue weighted by atomic mass is 9.93. The maximum absolute atomic E-state index is 10.6. The lowest BCUT2D eigenvalue weighted by Gasteiger charge is -2.12. The van der Waals surface area contributed by atoms with Crippen LogP contribution in [-0.2, 0) is 4.79 Å². The molecule has 0 aliphatic carbocycles. The zero-order chi connectivity index (χ0) is 8.85. The minimum Gasteiger partial charge on any atom is -0.481 e. The molecule has 2 nitrogen and oxygen atoms in total. The molecule has 0 bridgehead atoms. The van der Waals surface area contributed by atoms with Gasteiger partial charge in [-0.2, -0.15) is 0 Å². The fourth-order valence-electron chi connectivity index (χ4n) is 0.856. The number of halogens is 1. The number of hydrogen-bond donors (Lipinski definition) is 1. The molecule has 0 aliphatic heterocycles. The van der Waals surface area contributed by atoms with Crippen LogP contribution in [-0.4, -0.2) is 11.1 Å². The molecule has 0 rings (SSSR count). The summed E-state index contributed by atoms with van der Waals surface area (Å²) >= 11 is 5.28. The van der Waals surface area contributed by atoms with Crippen molar-refractivity contribution in [3.05, 3.63) is 11.6 Å². The van der Waals surface area contributed by atoms with Gasteiger partial charge < -0.3 is 5.11 Å². The van der Waals surface area contributed by atoms with Crippen LogP contribution in [0.25, 0.3) is 0 Å². The second kappa shape index (κ2) is 5.19. The van der Waals surface area contributed by atoms with Crippen molar-refractivity contribution in [2.45, 2.75) is 20.3 Å². The molecule has 0 amide bonds. The van der Waals surface area contributed by atoms with Gasteiger partial charge in [0.2, 0.25) is 0 Å². The highest BCUT2D eigenvalue weighted by Gasteiger charge is 2.19. The summed E-state index contributed by atoms with van der Waals surface area (Å²) < 4.78 is 0. The number of allylic oxidation sites excluding steroid dienone is 1. The van der Waals surface area contributed by atoms with Crippen LogP contribution in [0, 0.1) is 11.8 Å². The van der Waals surface area contributed by atoms with Crippen LogP contribution in [0.3, 0.4) is 0 Å². The molecule has 0 aromatic heterocycles. The largest absolute Gasteiger partial charge is 0.481 e.